The summed E-state index contributed by atoms with van der Waals surface area (Å²) in [6.07, 6.45) is 4.00. The second-order valence-electron chi connectivity index (χ2n) is 8.05. The molecule has 1 N–H and O–H groups in total. The van der Waals surface area contributed by atoms with Gasteiger partial charge >= 0.3 is 0 Å². The highest BCUT2D eigenvalue weighted by molar-refractivity contribution is 5.94. The minimum atomic E-state index is -0.0237. The van der Waals surface area contributed by atoms with Gasteiger partial charge in [0.2, 0.25) is 0 Å². The Morgan fingerprint density at radius 1 is 1.03 bits per heavy atom. The maximum absolute atomic E-state index is 13.1. The van der Waals surface area contributed by atoms with Crippen molar-refractivity contribution in [2.75, 3.05) is 13.1 Å². The summed E-state index contributed by atoms with van der Waals surface area (Å²) in [4.78, 5) is 15.5. The Labute approximate surface area is 171 Å². The lowest BCUT2D eigenvalue weighted by atomic mass is 10.1. The van der Waals surface area contributed by atoms with E-state index in [0.29, 0.717) is 5.69 Å². The molecule has 1 atom stereocenters. The predicted octanol–water partition coefficient (Wildman–Crippen LogP) is 3.37. The molecule has 29 heavy (non-hydrogen) atoms. The summed E-state index contributed by atoms with van der Waals surface area (Å²) in [6.45, 7) is 2.84. The van der Waals surface area contributed by atoms with E-state index in [9.17, 15) is 4.79 Å². The van der Waals surface area contributed by atoms with Crippen LogP contribution in [0.15, 0.2) is 60.7 Å². The molecular formula is C24H26N4O. The van der Waals surface area contributed by atoms with Crippen LogP contribution in [0.1, 0.15) is 40.2 Å². The quantitative estimate of drug-likeness (QED) is 0.732. The second-order valence-corrected chi connectivity index (χ2v) is 8.05. The van der Waals surface area contributed by atoms with Gasteiger partial charge in [0, 0.05) is 36.9 Å². The van der Waals surface area contributed by atoms with Gasteiger partial charge in [0.15, 0.2) is 5.69 Å². The van der Waals surface area contributed by atoms with E-state index in [1.807, 2.05) is 41.1 Å². The maximum atomic E-state index is 13.1. The molecule has 148 valence electrons. The number of carbonyl (C=O) groups excluding carboxylic acids is 1. The summed E-state index contributed by atoms with van der Waals surface area (Å²) in [6, 6.07) is 20.8. The maximum Gasteiger partial charge on any atom is 0.272 e. The molecule has 1 unspecified atom stereocenters. The summed E-state index contributed by atoms with van der Waals surface area (Å²) < 4.78 is 1.97. The standard InChI is InChI=1S/C24H26N4O/c29-24(25-19-14-15-27(17-19)16-18-8-3-1-4-9-18)23-21-12-7-13-22(21)28(26-23)20-10-5-2-6-11-20/h1-6,8-11,19H,7,12-17H2,(H,25,29). The second kappa shape index (κ2) is 7.84. The third-order valence-electron chi connectivity index (χ3n) is 6.00. The van der Waals surface area contributed by atoms with Crippen molar-refractivity contribution in [3.05, 3.63) is 83.2 Å². The Morgan fingerprint density at radius 2 is 1.79 bits per heavy atom. The van der Waals surface area contributed by atoms with Crippen molar-refractivity contribution in [2.24, 2.45) is 0 Å². The SMILES string of the molecule is O=C(NC1CCN(Cc2ccccc2)C1)c1nn(-c2ccccc2)c2c1CCC2. The number of benzene rings is 2. The van der Waals surface area contributed by atoms with Crippen LogP contribution >= 0.6 is 0 Å². The monoisotopic (exact) mass is 386 g/mol. The third-order valence-corrected chi connectivity index (χ3v) is 6.00. The third kappa shape index (κ3) is 3.70. The van der Waals surface area contributed by atoms with Crippen LogP contribution < -0.4 is 5.32 Å². The van der Waals surface area contributed by atoms with Crippen molar-refractivity contribution in [3.63, 3.8) is 0 Å². The molecule has 2 aromatic carbocycles. The minimum Gasteiger partial charge on any atom is -0.347 e. The Kier molecular flexibility index (Phi) is 4.90. The number of fused-ring (bicyclic) bond motifs is 1. The molecule has 0 radical (unpaired) electrons. The van der Waals surface area contributed by atoms with Gasteiger partial charge in [-0.3, -0.25) is 9.69 Å². The first-order chi connectivity index (χ1) is 14.3. The van der Waals surface area contributed by atoms with E-state index in [-0.39, 0.29) is 11.9 Å². The van der Waals surface area contributed by atoms with Crippen LogP contribution in [0, 0.1) is 0 Å². The van der Waals surface area contributed by atoms with Crippen LogP contribution in [0.2, 0.25) is 0 Å². The lowest BCUT2D eigenvalue weighted by Crippen LogP contribution is -2.37. The molecule has 0 spiro atoms. The number of carbonyl (C=O) groups is 1. The average Bonchev–Trinajstić information content (AvgIpc) is 3.46. The van der Waals surface area contributed by atoms with Crippen molar-refractivity contribution in [2.45, 2.75) is 38.3 Å². The van der Waals surface area contributed by atoms with Crippen molar-refractivity contribution in [1.29, 1.82) is 0 Å². The van der Waals surface area contributed by atoms with Crippen LogP contribution in [0.3, 0.4) is 0 Å². The van der Waals surface area contributed by atoms with Crippen LogP contribution in [0.5, 0.6) is 0 Å². The van der Waals surface area contributed by atoms with Gasteiger partial charge < -0.3 is 5.32 Å². The summed E-state index contributed by atoms with van der Waals surface area (Å²) >= 11 is 0. The Bertz CT molecular complexity index is 996. The highest BCUT2D eigenvalue weighted by Gasteiger charge is 2.30. The van der Waals surface area contributed by atoms with Gasteiger partial charge in [0.1, 0.15) is 0 Å². The van der Waals surface area contributed by atoms with E-state index >= 15 is 0 Å². The van der Waals surface area contributed by atoms with Crippen molar-refractivity contribution >= 4 is 5.91 Å². The molecule has 2 aliphatic rings. The van der Waals surface area contributed by atoms with Gasteiger partial charge in [-0.15, -0.1) is 0 Å². The van der Waals surface area contributed by atoms with E-state index in [1.165, 1.54) is 11.3 Å². The normalized spacial score (nSPS) is 18.7. The first-order valence-corrected chi connectivity index (χ1v) is 10.5. The van der Waals surface area contributed by atoms with Crippen LogP contribution in [-0.4, -0.2) is 39.7 Å². The number of nitrogens with zero attached hydrogens (tertiary/aromatic N) is 3. The zero-order chi connectivity index (χ0) is 19.6. The number of likely N-dealkylation sites (tertiary alicyclic amines) is 1. The van der Waals surface area contributed by atoms with E-state index in [1.54, 1.807) is 0 Å². The lowest BCUT2D eigenvalue weighted by Gasteiger charge is -2.16. The number of amides is 1. The van der Waals surface area contributed by atoms with Crippen LogP contribution in [0.25, 0.3) is 5.69 Å². The van der Waals surface area contributed by atoms with Gasteiger partial charge in [0.05, 0.1) is 5.69 Å². The number of para-hydroxylation sites is 1. The fraction of sp³-hybridized carbons (Fsp3) is 0.333. The molecule has 5 heteroatoms. The summed E-state index contributed by atoms with van der Waals surface area (Å²) in [5, 5.41) is 7.97. The molecule has 1 aliphatic heterocycles. The van der Waals surface area contributed by atoms with Crippen molar-refractivity contribution in [1.82, 2.24) is 20.0 Å². The molecule has 5 nitrogen and oxygen atoms in total. The zero-order valence-corrected chi connectivity index (χ0v) is 16.6. The van der Waals surface area contributed by atoms with Gasteiger partial charge in [-0.1, -0.05) is 48.5 Å². The molecule has 2 heterocycles. The van der Waals surface area contributed by atoms with Crippen LogP contribution in [-0.2, 0) is 19.4 Å². The highest BCUT2D eigenvalue weighted by atomic mass is 16.2. The zero-order valence-electron chi connectivity index (χ0n) is 16.6. The number of hydrogen-bond donors (Lipinski definition) is 1. The predicted molar refractivity (Wildman–Crippen MR) is 113 cm³/mol. The number of rotatable bonds is 5. The molecule has 1 aliphatic carbocycles. The van der Waals surface area contributed by atoms with Gasteiger partial charge in [0.25, 0.3) is 5.91 Å². The van der Waals surface area contributed by atoms with E-state index < -0.39 is 0 Å². The molecule has 0 bridgehead atoms. The number of hydrogen-bond acceptors (Lipinski definition) is 3. The van der Waals surface area contributed by atoms with Crippen molar-refractivity contribution < 1.29 is 4.79 Å². The summed E-state index contributed by atoms with van der Waals surface area (Å²) in [5.74, 6) is -0.0237. The fourth-order valence-electron chi connectivity index (χ4n) is 4.59. The molecule has 5 rings (SSSR count). The summed E-state index contributed by atoms with van der Waals surface area (Å²) in [7, 11) is 0. The first-order valence-electron chi connectivity index (χ1n) is 10.5. The molecule has 0 saturated carbocycles. The van der Waals surface area contributed by atoms with E-state index in [2.05, 4.69) is 34.5 Å². The van der Waals surface area contributed by atoms with Gasteiger partial charge in [-0.2, -0.15) is 5.10 Å². The topological polar surface area (TPSA) is 50.2 Å². The molecule has 1 saturated heterocycles. The highest BCUT2D eigenvalue weighted by Crippen LogP contribution is 2.28. The number of aromatic nitrogens is 2. The van der Waals surface area contributed by atoms with Gasteiger partial charge in [-0.25, -0.2) is 4.68 Å². The Balaban J connectivity index is 1.28. The fourth-order valence-corrected chi connectivity index (χ4v) is 4.59. The van der Waals surface area contributed by atoms with Gasteiger partial charge in [-0.05, 0) is 43.4 Å². The molecule has 1 aromatic heterocycles. The Hall–Kier alpha value is -2.92. The first kappa shape index (κ1) is 18.1. The summed E-state index contributed by atoms with van der Waals surface area (Å²) in [5.41, 5.74) is 5.28. The largest absolute Gasteiger partial charge is 0.347 e. The smallest absolute Gasteiger partial charge is 0.272 e. The van der Waals surface area contributed by atoms with Crippen molar-refractivity contribution in [3.8, 4) is 5.69 Å². The molecule has 3 aromatic rings. The molecule has 1 fully saturated rings. The Morgan fingerprint density at radius 3 is 2.59 bits per heavy atom. The van der Waals surface area contributed by atoms with E-state index in [4.69, 9.17) is 5.10 Å². The molecular weight excluding hydrogens is 360 g/mol. The molecule has 1 amide bonds. The van der Waals surface area contributed by atoms with E-state index in [0.717, 1.165) is 56.6 Å². The lowest BCUT2D eigenvalue weighted by molar-refractivity contribution is 0.0931. The minimum absolute atomic E-state index is 0.0237. The average molecular weight is 386 g/mol. The number of nitrogens with one attached hydrogen (secondary N) is 1. The van der Waals surface area contributed by atoms with Crippen LogP contribution in [0.4, 0.5) is 0 Å².